The minimum atomic E-state index is -2.33. The van der Waals surface area contributed by atoms with Crippen LogP contribution in [-0.2, 0) is 48.0 Å². The maximum atomic E-state index is 12.0. The average molecular weight is 1230 g/mol. The van der Waals surface area contributed by atoms with E-state index in [0.29, 0.717) is 35.9 Å². The zero-order valence-electron chi connectivity index (χ0n) is 38.8. The summed E-state index contributed by atoms with van der Waals surface area (Å²) in [5, 5.41) is 3.97. The molecule has 0 spiro atoms. The molecule has 3 saturated heterocycles. The van der Waals surface area contributed by atoms with Crippen LogP contribution in [0.1, 0.15) is 89.4 Å². The average Bonchev–Trinajstić information content (AvgIpc) is 3.91. The number of nitrogens with zero attached hydrogens (tertiary/aromatic N) is 6. The van der Waals surface area contributed by atoms with Crippen molar-refractivity contribution in [1.29, 1.82) is 0 Å². The normalized spacial score (nSPS) is 14.5. The van der Waals surface area contributed by atoms with E-state index in [9.17, 15) is 47.9 Å². The molecule has 0 aromatic carbocycles. The van der Waals surface area contributed by atoms with E-state index < -0.39 is 84.3 Å². The number of imide groups is 3. The molecule has 3 fully saturated rings. The van der Waals surface area contributed by atoms with Gasteiger partial charge in [-0.25, -0.2) is 4.79 Å². The Morgan fingerprint density at radius 2 is 0.985 bits per heavy atom. The van der Waals surface area contributed by atoms with Crippen LogP contribution in [0.15, 0.2) is 59.9 Å². The summed E-state index contributed by atoms with van der Waals surface area (Å²) in [6, 6.07) is 5.42. The van der Waals surface area contributed by atoms with Crippen LogP contribution in [-0.4, -0.2) is 146 Å². The molecule has 0 radical (unpaired) electrons. The van der Waals surface area contributed by atoms with Crippen molar-refractivity contribution in [1.82, 2.24) is 35.5 Å². The molecule has 6 heterocycles. The number of carbonyl (C=O) groups is 10. The number of hydrogen-bond donors (Lipinski definition) is 2. The van der Waals surface area contributed by atoms with Crippen molar-refractivity contribution < 1.29 is 67.2 Å². The van der Waals surface area contributed by atoms with Crippen LogP contribution in [0, 0.1) is 0 Å². The number of amides is 7. The SMILES string of the molecule is CCOC(=O)c1cncc(Br)c1.O=C(ON1C(=O)CCC1=O)ON1C(=O)CCC1=O.[CH3][Sn]([CH3])([CH3])[c]1cncc(C(=O)NCCCCN)c1.[CH3][Sn]([CH3])([CH3])[c]1cncc(C(=O)ON2C(=O)CCC2=O)c1. The van der Waals surface area contributed by atoms with Gasteiger partial charge in [0.15, 0.2) is 0 Å². The number of nitrogens with one attached hydrogen (secondary N) is 1. The van der Waals surface area contributed by atoms with Crippen molar-refractivity contribution in [2.24, 2.45) is 5.73 Å². The molecule has 0 saturated carbocycles. The van der Waals surface area contributed by atoms with E-state index in [1.165, 1.54) is 16.0 Å². The van der Waals surface area contributed by atoms with Gasteiger partial charge in [0.05, 0.1) is 12.2 Å². The van der Waals surface area contributed by atoms with Crippen molar-refractivity contribution in [2.75, 3.05) is 19.7 Å². The summed E-state index contributed by atoms with van der Waals surface area (Å²) in [6.07, 6.45) is 10.1. The second-order valence-electron chi connectivity index (χ2n) is 16.8. The Kier molecular flexibility index (Phi) is 22.6. The summed E-state index contributed by atoms with van der Waals surface area (Å²) in [5.74, 6) is -4.80. The predicted octanol–water partition coefficient (Wildman–Crippen LogP) is 3.23. The van der Waals surface area contributed by atoms with Gasteiger partial charge in [-0.1, -0.05) is 10.1 Å². The molecule has 3 aromatic heterocycles. The topological polar surface area (TPSA) is 294 Å². The third kappa shape index (κ3) is 18.2. The monoisotopic (exact) mass is 1230 g/mol. The standard InChI is InChI=1S/C10H14N3O.C10H7N2O4.C9H8N2O7.C8H8BrNO2.6CH3.2Sn/c11-5-1-2-7-13-10(14)9-4-3-6-12-8-9;13-8-3-4-9(14)12(8)16-10(15)7-2-1-5-11-6-7;12-5-1-2-6(13)10(5)17-9(16)18-11-7(14)3-4-8(11)15;1-2-12-8(11)6-3-7(9)5-10-4-6;;;;;;;;/h4,6,8H,1-2,5,7,11H2,(H,13,14);2,5-6H,3-4H2;1-4H2;3-5H,2H2,1H3;6*1H3;;. The zero-order valence-corrected chi connectivity index (χ0v) is 46.1. The number of ether oxygens (including phenoxy) is 1. The number of unbranched alkanes of at least 4 members (excludes halogenated alkanes) is 1. The Balaban J connectivity index is 0.000000244. The second kappa shape index (κ2) is 27.0. The van der Waals surface area contributed by atoms with Crippen molar-refractivity contribution in [3.05, 3.63) is 76.5 Å². The minimum absolute atomic E-state index is 0.0306. The maximum absolute atomic E-state index is 12.0. The van der Waals surface area contributed by atoms with E-state index in [1.54, 1.807) is 37.6 Å². The molecule has 6 rings (SSSR count). The summed E-state index contributed by atoms with van der Waals surface area (Å²) in [4.78, 5) is 153. The number of hydrogen-bond acceptors (Lipinski definition) is 18. The van der Waals surface area contributed by atoms with Gasteiger partial charge >= 0.3 is 246 Å². The van der Waals surface area contributed by atoms with Gasteiger partial charge in [0.2, 0.25) is 0 Å². The van der Waals surface area contributed by atoms with Gasteiger partial charge in [-0.2, -0.15) is 4.79 Å². The van der Waals surface area contributed by atoms with Crippen LogP contribution in [0.2, 0.25) is 29.6 Å². The Labute approximate surface area is 409 Å². The molecule has 22 nitrogen and oxygen atoms in total. The first-order chi connectivity index (χ1) is 32.0. The molecule has 0 unspecified atom stereocenters. The summed E-state index contributed by atoms with van der Waals surface area (Å²) < 4.78 is 7.91. The first-order valence-corrected chi connectivity index (χ1v) is 42.1. The molecule has 3 aliphatic rings. The van der Waals surface area contributed by atoms with Gasteiger partial charge < -0.3 is 4.74 Å². The number of carbonyl (C=O) groups excluding carboxylic acids is 10. The summed E-state index contributed by atoms with van der Waals surface area (Å²) in [7, 11) is 0. The molecule has 25 heteroatoms. The van der Waals surface area contributed by atoms with Gasteiger partial charge in [-0.3, -0.25) is 33.8 Å². The molecule has 3 aliphatic heterocycles. The molecule has 7 amide bonds. The predicted molar refractivity (Wildman–Crippen MR) is 249 cm³/mol. The quantitative estimate of drug-likeness (QED) is 0.107. The van der Waals surface area contributed by atoms with Gasteiger partial charge in [0.25, 0.3) is 23.6 Å². The fourth-order valence-electron chi connectivity index (χ4n) is 5.52. The van der Waals surface area contributed by atoms with Crippen LogP contribution < -0.4 is 18.2 Å². The van der Waals surface area contributed by atoms with Crippen molar-refractivity contribution in [3.63, 3.8) is 0 Å². The van der Waals surface area contributed by atoms with E-state index in [2.05, 4.69) is 75.5 Å². The Morgan fingerprint density at radius 3 is 1.40 bits per heavy atom. The molecule has 0 atom stereocenters. The molecule has 68 heavy (non-hydrogen) atoms. The van der Waals surface area contributed by atoms with Gasteiger partial charge in [0, 0.05) is 42.5 Å². The molecule has 366 valence electrons. The third-order valence-electron chi connectivity index (χ3n) is 9.36. The molecule has 3 aromatic rings. The molecule has 0 bridgehead atoms. The fraction of sp³-hybridized carbons (Fsp3) is 0.419. The number of pyridine rings is 3. The number of hydroxylamine groups is 6. The summed E-state index contributed by atoms with van der Waals surface area (Å²) >= 11 is -1.26. The van der Waals surface area contributed by atoms with Crippen LogP contribution >= 0.6 is 15.9 Å². The molecular weight excluding hydrogens is 1170 g/mol. The van der Waals surface area contributed by atoms with Crippen LogP contribution in [0.3, 0.4) is 0 Å². The molecule has 0 aliphatic carbocycles. The van der Waals surface area contributed by atoms with E-state index >= 15 is 0 Å². The van der Waals surface area contributed by atoms with Gasteiger partial charge in [-0.05, 0) is 28.9 Å². The Bertz CT molecular complexity index is 2290. The van der Waals surface area contributed by atoms with Crippen LogP contribution in [0.25, 0.3) is 0 Å². The van der Waals surface area contributed by atoms with Crippen LogP contribution in [0.5, 0.6) is 0 Å². The van der Waals surface area contributed by atoms with Crippen molar-refractivity contribution in [2.45, 2.75) is 87.9 Å². The first kappa shape index (κ1) is 56.9. The third-order valence-corrected chi connectivity index (χ3v) is 21.2. The number of nitrogens with two attached hydrogens (primary N) is 1. The van der Waals surface area contributed by atoms with Crippen molar-refractivity contribution in [3.8, 4) is 0 Å². The molecular formula is C43H55BrN8O14Sn2. The number of halogens is 1. The van der Waals surface area contributed by atoms with Crippen LogP contribution in [0.4, 0.5) is 4.79 Å². The Hall–Kier alpha value is -5.41. The number of rotatable bonds is 13. The molecule has 3 N–H and O–H groups in total. The second-order valence-corrected chi connectivity index (χ2v) is 46.7. The van der Waals surface area contributed by atoms with Crippen molar-refractivity contribution >= 4 is 119 Å². The number of esters is 1. The van der Waals surface area contributed by atoms with Gasteiger partial charge in [-0.15, -0.1) is 0 Å². The van der Waals surface area contributed by atoms with E-state index in [0.717, 1.165) is 20.9 Å². The van der Waals surface area contributed by atoms with E-state index in [4.69, 9.17) is 15.3 Å². The Morgan fingerprint density at radius 1 is 0.588 bits per heavy atom. The fourth-order valence-corrected chi connectivity index (χ4v) is 11.9. The summed E-state index contributed by atoms with van der Waals surface area (Å²) in [6.45, 7) is 3.50. The van der Waals surface area contributed by atoms with E-state index in [1.807, 2.05) is 12.3 Å². The summed E-state index contributed by atoms with van der Waals surface area (Å²) in [5.41, 5.74) is 6.81. The zero-order chi connectivity index (χ0) is 50.8. The van der Waals surface area contributed by atoms with E-state index in [-0.39, 0.29) is 66.1 Å². The van der Waals surface area contributed by atoms with Gasteiger partial charge in [0.1, 0.15) is 0 Å². The number of aromatic nitrogens is 3. The first-order valence-electron chi connectivity index (χ1n) is 21.3.